The first-order chi connectivity index (χ1) is 13.0. The van der Waals surface area contributed by atoms with Gasteiger partial charge in [0.05, 0.1) is 18.2 Å². The number of hydrogen-bond acceptors (Lipinski definition) is 6. The van der Waals surface area contributed by atoms with Crippen molar-refractivity contribution in [2.75, 3.05) is 12.5 Å². The van der Waals surface area contributed by atoms with Crippen LogP contribution in [0.25, 0.3) is 5.69 Å². The minimum atomic E-state index is -0.500. The number of nitro groups is 1. The Labute approximate surface area is 156 Å². The van der Waals surface area contributed by atoms with Gasteiger partial charge in [-0.05, 0) is 38.1 Å². The summed E-state index contributed by atoms with van der Waals surface area (Å²) in [6.45, 7) is 3.98. The van der Waals surface area contributed by atoms with E-state index >= 15 is 0 Å². The minimum absolute atomic E-state index is 0.0975. The van der Waals surface area contributed by atoms with Crippen molar-refractivity contribution in [1.29, 1.82) is 0 Å². The molecule has 1 aromatic carbocycles. The normalized spacial score (nSPS) is 10.9. The van der Waals surface area contributed by atoms with Gasteiger partial charge >= 0.3 is 5.69 Å². The monoisotopic (exact) mass is 365 g/mol. The van der Waals surface area contributed by atoms with Gasteiger partial charge in [-0.1, -0.05) is 6.07 Å². The second kappa shape index (κ2) is 7.69. The van der Waals surface area contributed by atoms with Gasteiger partial charge in [0.1, 0.15) is 5.75 Å². The Morgan fingerprint density at radius 1 is 1.26 bits per heavy atom. The van der Waals surface area contributed by atoms with E-state index in [1.54, 1.807) is 13.3 Å². The molecular weight excluding hydrogens is 346 g/mol. The maximum Gasteiger partial charge on any atom is 0.313 e. The Morgan fingerprint density at radius 3 is 2.81 bits per heavy atom. The van der Waals surface area contributed by atoms with Crippen molar-refractivity contribution in [1.82, 2.24) is 9.55 Å². The van der Waals surface area contributed by atoms with Gasteiger partial charge in [-0.25, -0.2) is 4.98 Å². The first kappa shape index (κ1) is 18.1. The third-order valence-electron chi connectivity index (χ3n) is 4.14. The fraction of sp³-hybridized carbons (Fsp3) is 0.158. The molecule has 0 unspecified atom stereocenters. The number of anilines is 1. The number of ether oxygens (including phenoxy) is 1. The van der Waals surface area contributed by atoms with Crippen LogP contribution in [0, 0.1) is 24.0 Å². The Balaban J connectivity index is 1.87. The summed E-state index contributed by atoms with van der Waals surface area (Å²) in [5, 5.41) is 15.1. The van der Waals surface area contributed by atoms with Gasteiger partial charge in [0.2, 0.25) is 5.82 Å². The molecule has 0 bridgehead atoms. The summed E-state index contributed by atoms with van der Waals surface area (Å²) < 4.78 is 7.39. The van der Waals surface area contributed by atoms with E-state index in [4.69, 9.17) is 4.74 Å². The summed E-state index contributed by atoms with van der Waals surface area (Å²) in [7, 11) is 1.63. The summed E-state index contributed by atoms with van der Waals surface area (Å²) in [4.78, 5) is 14.5. The largest absolute Gasteiger partial charge is 0.497 e. The summed E-state index contributed by atoms with van der Waals surface area (Å²) >= 11 is 0. The van der Waals surface area contributed by atoms with Gasteiger partial charge < -0.3 is 9.30 Å². The SMILES string of the molecule is COc1cccc(-n2c(C)cc(/C=N/Nc3ncccc3[N+](=O)[O-])c2C)c1. The first-order valence-corrected chi connectivity index (χ1v) is 8.23. The van der Waals surface area contributed by atoms with Crippen molar-refractivity contribution >= 4 is 17.7 Å². The lowest BCUT2D eigenvalue weighted by molar-refractivity contribution is -0.384. The minimum Gasteiger partial charge on any atom is -0.497 e. The molecule has 0 aliphatic heterocycles. The zero-order chi connectivity index (χ0) is 19.4. The summed E-state index contributed by atoms with van der Waals surface area (Å²) in [5.41, 5.74) is 6.41. The lowest BCUT2D eigenvalue weighted by atomic mass is 10.2. The third kappa shape index (κ3) is 3.79. The zero-order valence-electron chi connectivity index (χ0n) is 15.2. The van der Waals surface area contributed by atoms with Crippen molar-refractivity contribution in [3.8, 4) is 11.4 Å². The highest BCUT2D eigenvalue weighted by Crippen LogP contribution is 2.23. The molecule has 2 heterocycles. The van der Waals surface area contributed by atoms with Crippen LogP contribution in [0.4, 0.5) is 11.5 Å². The topological polar surface area (TPSA) is 94.6 Å². The molecule has 2 aromatic heterocycles. The average molecular weight is 365 g/mol. The molecule has 3 rings (SSSR count). The van der Waals surface area contributed by atoms with Gasteiger partial charge in [-0.2, -0.15) is 5.10 Å². The Kier molecular flexibility index (Phi) is 5.16. The summed E-state index contributed by atoms with van der Waals surface area (Å²) in [6, 6.07) is 12.7. The van der Waals surface area contributed by atoms with Crippen molar-refractivity contribution in [2.45, 2.75) is 13.8 Å². The van der Waals surface area contributed by atoms with Crippen molar-refractivity contribution in [3.05, 3.63) is 75.7 Å². The molecule has 0 amide bonds. The molecule has 0 saturated carbocycles. The highest BCUT2D eigenvalue weighted by atomic mass is 16.6. The molecule has 0 aliphatic carbocycles. The van der Waals surface area contributed by atoms with E-state index in [9.17, 15) is 10.1 Å². The fourth-order valence-corrected chi connectivity index (χ4v) is 2.86. The number of nitrogens with zero attached hydrogens (tertiary/aromatic N) is 4. The highest BCUT2D eigenvalue weighted by molar-refractivity contribution is 5.83. The molecule has 8 nitrogen and oxygen atoms in total. The number of nitrogens with one attached hydrogen (secondary N) is 1. The summed E-state index contributed by atoms with van der Waals surface area (Å²) in [6.07, 6.45) is 3.09. The van der Waals surface area contributed by atoms with Crippen LogP contribution in [0.2, 0.25) is 0 Å². The van der Waals surface area contributed by atoms with Crippen LogP contribution in [0.3, 0.4) is 0 Å². The first-order valence-electron chi connectivity index (χ1n) is 8.23. The molecule has 27 heavy (non-hydrogen) atoms. The summed E-state index contributed by atoms with van der Waals surface area (Å²) in [5.74, 6) is 0.875. The standard InChI is InChI=1S/C19H19N5O3/c1-13-10-15(12-21-22-19-18(24(25)26)8-5-9-20-19)14(2)23(13)16-6-4-7-17(11-16)27-3/h4-12H,1-3H3,(H,20,22)/b21-12+. The maximum absolute atomic E-state index is 11.0. The van der Waals surface area contributed by atoms with Crippen LogP contribution in [0.15, 0.2) is 53.8 Å². The molecule has 0 radical (unpaired) electrons. The van der Waals surface area contributed by atoms with E-state index in [0.717, 1.165) is 28.4 Å². The van der Waals surface area contributed by atoms with E-state index < -0.39 is 4.92 Å². The van der Waals surface area contributed by atoms with Gasteiger partial charge in [0, 0.05) is 41.0 Å². The molecule has 0 aliphatic rings. The van der Waals surface area contributed by atoms with Crippen LogP contribution >= 0.6 is 0 Å². The van der Waals surface area contributed by atoms with E-state index in [1.807, 2.05) is 44.2 Å². The smallest absolute Gasteiger partial charge is 0.313 e. The van der Waals surface area contributed by atoms with Crippen molar-refractivity contribution in [3.63, 3.8) is 0 Å². The Bertz CT molecular complexity index is 1010. The number of rotatable bonds is 6. The number of aromatic nitrogens is 2. The predicted octanol–water partition coefficient (Wildman–Crippen LogP) is 3.85. The van der Waals surface area contributed by atoms with Crippen molar-refractivity contribution in [2.24, 2.45) is 5.10 Å². The number of hydrogen-bond donors (Lipinski definition) is 1. The number of aryl methyl sites for hydroxylation is 1. The molecule has 8 heteroatoms. The molecule has 0 saturated heterocycles. The molecule has 3 aromatic rings. The van der Waals surface area contributed by atoms with Crippen LogP contribution in [0.5, 0.6) is 5.75 Å². The fourth-order valence-electron chi connectivity index (χ4n) is 2.86. The molecule has 0 atom stereocenters. The average Bonchev–Trinajstić information content (AvgIpc) is 2.95. The number of methoxy groups -OCH3 is 1. The third-order valence-corrected chi connectivity index (χ3v) is 4.14. The van der Waals surface area contributed by atoms with Crippen LogP contribution < -0.4 is 10.2 Å². The van der Waals surface area contributed by atoms with Crippen LogP contribution in [-0.2, 0) is 0 Å². The number of hydrazone groups is 1. The Hall–Kier alpha value is -3.68. The van der Waals surface area contributed by atoms with Crippen LogP contribution in [0.1, 0.15) is 17.0 Å². The van der Waals surface area contributed by atoms with E-state index in [2.05, 4.69) is 20.1 Å². The maximum atomic E-state index is 11.0. The van der Waals surface area contributed by atoms with E-state index in [-0.39, 0.29) is 11.5 Å². The van der Waals surface area contributed by atoms with Gasteiger partial charge in [-0.3, -0.25) is 15.5 Å². The molecular formula is C19H19N5O3. The van der Waals surface area contributed by atoms with Gasteiger partial charge in [-0.15, -0.1) is 0 Å². The van der Waals surface area contributed by atoms with E-state index in [1.165, 1.54) is 18.3 Å². The predicted molar refractivity (Wildman–Crippen MR) is 104 cm³/mol. The van der Waals surface area contributed by atoms with Crippen LogP contribution in [-0.4, -0.2) is 27.8 Å². The highest BCUT2D eigenvalue weighted by Gasteiger charge is 2.13. The molecule has 1 N–H and O–H groups in total. The molecule has 138 valence electrons. The molecule has 0 spiro atoms. The van der Waals surface area contributed by atoms with E-state index in [0.29, 0.717) is 0 Å². The second-order valence-electron chi connectivity index (χ2n) is 5.86. The van der Waals surface area contributed by atoms with Gasteiger partial charge in [0.15, 0.2) is 0 Å². The molecule has 0 fully saturated rings. The zero-order valence-corrected chi connectivity index (χ0v) is 15.2. The number of pyridine rings is 1. The lowest BCUT2D eigenvalue weighted by Gasteiger charge is -2.11. The number of benzene rings is 1. The lowest BCUT2D eigenvalue weighted by Crippen LogP contribution is -2.01. The second-order valence-corrected chi connectivity index (χ2v) is 5.86. The quantitative estimate of drug-likeness (QED) is 0.407. The Morgan fingerprint density at radius 2 is 2.07 bits per heavy atom. The van der Waals surface area contributed by atoms with Crippen molar-refractivity contribution < 1.29 is 9.66 Å². The van der Waals surface area contributed by atoms with Gasteiger partial charge in [0.25, 0.3) is 0 Å².